The van der Waals surface area contributed by atoms with Crippen LogP contribution in [0.3, 0.4) is 0 Å². The van der Waals surface area contributed by atoms with Gasteiger partial charge in [-0.05, 0) is 57.7 Å². The molecule has 0 bridgehead atoms. The van der Waals surface area contributed by atoms with Crippen molar-refractivity contribution in [3.05, 3.63) is 47.5 Å². The van der Waals surface area contributed by atoms with E-state index >= 15 is 0 Å². The number of hydrogen-bond acceptors (Lipinski definition) is 4. The van der Waals surface area contributed by atoms with E-state index in [2.05, 4.69) is 34.4 Å². The normalized spacial score (nSPS) is 21.4. The number of likely N-dealkylation sites (tertiary alicyclic amines) is 1. The maximum Gasteiger partial charge on any atom is 0.273 e. The highest BCUT2D eigenvalue weighted by atomic mass is 19.1. The molecule has 152 valence electrons. The lowest BCUT2D eigenvalue weighted by atomic mass is 9.97. The summed E-state index contributed by atoms with van der Waals surface area (Å²) in [4.78, 5) is 14.9. The van der Waals surface area contributed by atoms with Crippen molar-refractivity contribution in [1.29, 1.82) is 0 Å². The van der Waals surface area contributed by atoms with Crippen LogP contribution in [0.4, 0.5) is 4.39 Å². The summed E-state index contributed by atoms with van der Waals surface area (Å²) in [5, 5.41) is 10.9. The highest BCUT2D eigenvalue weighted by Gasteiger charge is 2.24. The van der Waals surface area contributed by atoms with E-state index < -0.39 is 0 Å². The standard InChI is InChI=1S/C21H30FN5O/c1-15-7-4-8-16(2)26(15)12-6-11-23-21(28)20-14-27(25-24-20)17(3)18-9-5-10-19(22)13-18/h5,9-10,13-17H,4,6-8,11-12H2,1-3H3,(H,23,28)/t15-,16-,17-/m1/s1. The van der Waals surface area contributed by atoms with Crippen molar-refractivity contribution in [2.45, 2.75) is 64.6 Å². The van der Waals surface area contributed by atoms with E-state index in [4.69, 9.17) is 0 Å². The number of nitrogens with zero attached hydrogens (tertiary/aromatic N) is 4. The zero-order chi connectivity index (χ0) is 20.1. The van der Waals surface area contributed by atoms with Gasteiger partial charge < -0.3 is 5.32 Å². The predicted octanol–water partition coefficient (Wildman–Crippen LogP) is 3.41. The molecule has 1 amide bonds. The summed E-state index contributed by atoms with van der Waals surface area (Å²) in [5.41, 5.74) is 1.06. The molecule has 3 rings (SSSR count). The molecule has 1 N–H and O–H groups in total. The van der Waals surface area contributed by atoms with Gasteiger partial charge >= 0.3 is 0 Å². The second-order valence-electron chi connectivity index (χ2n) is 7.79. The van der Waals surface area contributed by atoms with E-state index in [9.17, 15) is 9.18 Å². The molecular weight excluding hydrogens is 357 g/mol. The first-order chi connectivity index (χ1) is 13.5. The van der Waals surface area contributed by atoms with Gasteiger partial charge in [-0.1, -0.05) is 23.8 Å². The Labute approximate surface area is 166 Å². The van der Waals surface area contributed by atoms with E-state index in [0.717, 1.165) is 18.5 Å². The summed E-state index contributed by atoms with van der Waals surface area (Å²) in [6.45, 7) is 8.07. The summed E-state index contributed by atoms with van der Waals surface area (Å²) < 4.78 is 15.0. The third kappa shape index (κ3) is 4.95. The fourth-order valence-corrected chi connectivity index (χ4v) is 3.96. The third-order valence-electron chi connectivity index (χ3n) is 5.73. The van der Waals surface area contributed by atoms with Crippen LogP contribution in [0.5, 0.6) is 0 Å². The molecule has 1 aliphatic rings. The minimum absolute atomic E-state index is 0.202. The molecule has 0 radical (unpaired) electrons. The van der Waals surface area contributed by atoms with Gasteiger partial charge in [-0.2, -0.15) is 0 Å². The lowest BCUT2D eigenvalue weighted by Gasteiger charge is -2.39. The van der Waals surface area contributed by atoms with Crippen molar-refractivity contribution in [3.8, 4) is 0 Å². The number of amides is 1. The molecule has 0 spiro atoms. The highest BCUT2D eigenvalue weighted by Crippen LogP contribution is 2.22. The zero-order valence-corrected chi connectivity index (χ0v) is 16.9. The van der Waals surface area contributed by atoms with E-state index in [1.165, 1.54) is 31.4 Å². The van der Waals surface area contributed by atoms with Gasteiger partial charge in [0.05, 0.1) is 12.2 Å². The Balaban J connectivity index is 1.49. The lowest BCUT2D eigenvalue weighted by Crippen LogP contribution is -2.44. The van der Waals surface area contributed by atoms with Gasteiger partial charge in [0.1, 0.15) is 5.82 Å². The van der Waals surface area contributed by atoms with E-state index in [0.29, 0.717) is 18.6 Å². The first-order valence-corrected chi connectivity index (χ1v) is 10.2. The molecule has 0 aliphatic carbocycles. The average Bonchev–Trinajstić information content (AvgIpc) is 3.16. The SMILES string of the molecule is C[C@@H]1CCC[C@@H](C)N1CCCNC(=O)c1cn([C@H](C)c2cccc(F)c2)nn1. The molecule has 2 aromatic rings. The number of aromatic nitrogens is 3. The number of benzene rings is 1. The number of carbonyl (C=O) groups excluding carboxylic acids is 1. The van der Waals surface area contributed by atoms with Crippen molar-refractivity contribution in [2.75, 3.05) is 13.1 Å². The number of rotatable bonds is 7. The minimum atomic E-state index is -0.292. The van der Waals surface area contributed by atoms with Crippen LogP contribution < -0.4 is 5.32 Å². The largest absolute Gasteiger partial charge is 0.351 e. The number of halogens is 1. The smallest absolute Gasteiger partial charge is 0.273 e. The maximum atomic E-state index is 13.4. The van der Waals surface area contributed by atoms with Crippen molar-refractivity contribution < 1.29 is 9.18 Å². The molecule has 1 aliphatic heterocycles. The summed E-state index contributed by atoms with van der Waals surface area (Å²) in [5.74, 6) is -0.516. The molecule has 0 saturated carbocycles. The van der Waals surface area contributed by atoms with Crippen LogP contribution in [0.25, 0.3) is 0 Å². The van der Waals surface area contributed by atoms with Gasteiger partial charge in [0.15, 0.2) is 5.69 Å². The fourth-order valence-electron chi connectivity index (χ4n) is 3.96. The molecule has 28 heavy (non-hydrogen) atoms. The van der Waals surface area contributed by atoms with Crippen LogP contribution >= 0.6 is 0 Å². The highest BCUT2D eigenvalue weighted by molar-refractivity contribution is 5.91. The summed E-state index contributed by atoms with van der Waals surface area (Å²) in [6.07, 6.45) is 6.33. The van der Waals surface area contributed by atoms with Crippen LogP contribution in [0.2, 0.25) is 0 Å². The number of nitrogens with one attached hydrogen (secondary N) is 1. The maximum absolute atomic E-state index is 13.4. The monoisotopic (exact) mass is 387 g/mol. The van der Waals surface area contributed by atoms with Crippen LogP contribution in [0.15, 0.2) is 30.5 Å². The lowest BCUT2D eigenvalue weighted by molar-refractivity contribution is 0.0921. The Bertz CT molecular complexity index is 783. The van der Waals surface area contributed by atoms with Crippen LogP contribution in [-0.4, -0.2) is 51.0 Å². The van der Waals surface area contributed by atoms with Gasteiger partial charge in [0.25, 0.3) is 5.91 Å². The molecule has 2 heterocycles. The minimum Gasteiger partial charge on any atom is -0.351 e. The molecule has 1 aromatic heterocycles. The van der Waals surface area contributed by atoms with Crippen LogP contribution in [0.1, 0.15) is 68.5 Å². The third-order valence-corrected chi connectivity index (χ3v) is 5.73. The molecule has 1 fully saturated rings. The Morgan fingerprint density at radius 3 is 2.79 bits per heavy atom. The first-order valence-electron chi connectivity index (χ1n) is 10.2. The van der Waals surface area contributed by atoms with Crippen LogP contribution in [0, 0.1) is 5.82 Å². The number of hydrogen-bond donors (Lipinski definition) is 1. The molecule has 0 unspecified atom stereocenters. The molecule has 1 saturated heterocycles. The Morgan fingerprint density at radius 2 is 2.07 bits per heavy atom. The van der Waals surface area contributed by atoms with Crippen molar-refractivity contribution in [1.82, 2.24) is 25.2 Å². The molecule has 7 heteroatoms. The quantitative estimate of drug-likeness (QED) is 0.740. The van der Waals surface area contributed by atoms with Crippen molar-refractivity contribution in [3.63, 3.8) is 0 Å². The Hall–Kier alpha value is -2.28. The first kappa shape index (κ1) is 20.5. The summed E-state index contributed by atoms with van der Waals surface area (Å²) in [6, 6.07) is 7.39. The molecule has 3 atom stereocenters. The second kappa shape index (κ2) is 9.28. The van der Waals surface area contributed by atoms with Crippen molar-refractivity contribution in [2.24, 2.45) is 0 Å². The Kier molecular flexibility index (Phi) is 6.78. The predicted molar refractivity (Wildman–Crippen MR) is 107 cm³/mol. The van der Waals surface area contributed by atoms with E-state index in [1.54, 1.807) is 16.9 Å². The van der Waals surface area contributed by atoms with Gasteiger partial charge in [-0.15, -0.1) is 5.10 Å². The van der Waals surface area contributed by atoms with Crippen LogP contribution in [-0.2, 0) is 0 Å². The number of carbonyl (C=O) groups is 1. The topological polar surface area (TPSA) is 63.1 Å². The second-order valence-corrected chi connectivity index (χ2v) is 7.79. The molecule has 6 nitrogen and oxygen atoms in total. The van der Waals surface area contributed by atoms with Crippen molar-refractivity contribution >= 4 is 5.91 Å². The van der Waals surface area contributed by atoms with E-state index in [1.807, 2.05) is 13.0 Å². The average molecular weight is 388 g/mol. The fraction of sp³-hybridized carbons (Fsp3) is 0.571. The van der Waals surface area contributed by atoms with E-state index in [-0.39, 0.29) is 23.5 Å². The zero-order valence-electron chi connectivity index (χ0n) is 16.9. The summed E-state index contributed by atoms with van der Waals surface area (Å²) >= 11 is 0. The number of piperidine rings is 1. The molecular formula is C21H30FN5O. The Morgan fingerprint density at radius 1 is 1.32 bits per heavy atom. The molecule has 1 aromatic carbocycles. The van der Waals surface area contributed by atoms with Gasteiger partial charge in [-0.25, -0.2) is 9.07 Å². The van der Waals surface area contributed by atoms with Gasteiger partial charge in [0, 0.05) is 25.2 Å². The van der Waals surface area contributed by atoms with Gasteiger partial charge in [0.2, 0.25) is 0 Å². The summed E-state index contributed by atoms with van der Waals surface area (Å²) in [7, 11) is 0. The van der Waals surface area contributed by atoms with Gasteiger partial charge in [-0.3, -0.25) is 9.69 Å².